The van der Waals surface area contributed by atoms with Gasteiger partial charge >= 0.3 is 5.97 Å². The van der Waals surface area contributed by atoms with Gasteiger partial charge in [0.25, 0.3) is 0 Å². The molecule has 0 aliphatic carbocycles. The Hall–Kier alpha value is -1.13. The summed E-state index contributed by atoms with van der Waals surface area (Å²) in [6, 6.07) is 1.65. The van der Waals surface area contributed by atoms with Crippen LogP contribution in [0.1, 0.15) is 43.9 Å². The van der Waals surface area contributed by atoms with Crippen LogP contribution in [0.15, 0.2) is 12.3 Å². The van der Waals surface area contributed by atoms with Crippen LogP contribution in [0.3, 0.4) is 0 Å². The number of carbonyl (C=O) groups is 1. The van der Waals surface area contributed by atoms with Gasteiger partial charge in [0, 0.05) is 12.6 Å². The Morgan fingerprint density at radius 2 is 2.17 bits per heavy atom. The molecule has 1 heterocycles. The van der Waals surface area contributed by atoms with E-state index >= 15 is 0 Å². The van der Waals surface area contributed by atoms with Crippen molar-refractivity contribution < 1.29 is 14.6 Å². The van der Waals surface area contributed by atoms with Crippen LogP contribution < -0.4 is 4.74 Å². The molecule has 0 atom stereocenters. The smallest absolute Gasteiger partial charge is 0.311 e. The summed E-state index contributed by atoms with van der Waals surface area (Å²) in [5.74, 6) is 0.205. The van der Waals surface area contributed by atoms with Crippen molar-refractivity contribution in [2.24, 2.45) is 0 Å². The molecule has 5 heteroatoms. The Kier molecular flexibility index (Phi) is 8.33. The first kappa shape index (κ1) is 16.9. The highest BCUT2D eigenvalue weighted by molar-refractivity contribution is 5.85. The van der Waals surface area contributed by atoms with Gasteiger partial charge < -0.3 is 9.84 Å². The third kappa shape index (κ3) is 5.47. The van der Waals surface area contributed by atoms with Gasteiger partial charge in [-0.1, -0.05) is 19.8 Å². The summed E-state index contributed by atoms with van der Waals surface area (Å²) in [6.45, 7) is 3.76. The van der Waals surface area contributed by atoms with Gasteiger partial charge in [-0.3, -0.25) is 9.78 Å². The van der Waals surface area contributed by atoms with Crippen LogP contribution >= 0.6 is 12.4 Å². The fourth-order valence-corrected chi connectivity index (χ4v) is 1.44. The molecular weight excluding hydrogens is 254 g/mol. The van der Waals surface area contributed by atoms with Crippen molar-refractivity contribution in [3.8, 4) is 5.75 Å². The molecule has 4 nitrogen and oxygen atoms in total. The number of ether oxygens (including phenoxy) is 1. The first-order valence-electron chi connectivity index (χ1n) is 5.94. The van der Waals surface area contributed by atoms with E-state index in [9.17, 15) is 4.79 Å². The number of pyridine rings is 1. The van der Waals surface area contributed by atoms with Gasteiger partial charge in [0.1, 0.15) is 0 Å². The van der Waals surface area contributed by atoms with Crippen molar-refractivity contribution in [2.45, 2.75) is 46.1 Å². The Morgan fingerprint density at radius 3 is 2.78 bits per heavy atom. The van der Waals surface area contributed by atoms with Gasteiger partial charge in [-0.15, -0.1) is 12.4 Å². The maximum Gasteiger partial charge on any atom is 0.311 e. The maximum absolute atomic E-state index is 11.5. The van der Waals surface area contributed by atoms with Gasteiger partial charge in [0.05, 0.1) is 12.3 Å². The minimum absolute atomic E-state index is 0. The second kappa shape index (κ2) is 8.89. The first-order valence-corrected chi connectivity index (χ1v) is 5.94. The highest BCUT2D eigenvalue weighted by atomic mass is 35.5. The Morgan fingerprint density at radius 1 is 1.44 bits per heavy atom. The molecule has 1 aromatic heterocycles. The lowest BCUT2D eigenvalue weighted by atomic mass is 10.2. The minimum atomic E-state index is -0.238. The zero-order valence-corrected chi connectivity index (χ0v) is 11.6. The summed E-state index contributed by atoms with van der Waals surface area (Å²) < 4.78 is 5.22. The molecule has 0 fully saturated rings. The summed E-state index contributed by atoms with van der Waals surface area (Å²) in [5, 5.41) is 8.98. The largest absolute Gasteiger partial charge is 0.425 e. The second-order valence-corrected chi connectivity index (χ2v) is 4.02. The molecule has 0 saturated heterocycles. The number of aromatic nitrogens is 1. The number of aliphatic hydroxyl groups excluding tert-OH is 1. The average Bonchev–Trinajstić information content (AvgIpc) is 2.32. The van der Waals surface area contributed by atoms with Crippen LogP contribution in [0.2, 0.25) is 0 Å². The van der Waals surface area contributed by atoms with Crippen molar-refractivity contribution in [3.63, 3.8) is 0 Å². The third-order valence-electron chi connectivity index (χ3n) is 2.49. The predicted octanol–water partition coefficient (Wildman–Crippen LogP) is 2.79. The van der Waals surface area contributed by atoms with Crippen LogP contribution in [-0.2, 0) is 11.4 Å². The number of halogens is 1. The molecule has 0 radical (unpaired) electrons. The minimum Gasteiger partial charge on any atom is -0.425 e. The van der Waals surface area contributed by atoms with Crippen LogP contribution in [0.5, 0.6) is 5.75 Å². The summed E-state index contributed by atoms with van der Waals surface area (Å²) in [6.07, 6.45) is 4.96. The number of rotatable bonds is 6. The molecule has 0 bridgehead atoms. The van der Waals surface area contributed by atoms with Crippen LogP contribution in [0.4, 0.5) is 0 Å². The number of aryl methyl sites for hydroxylation is 1. The molecular formula is C13H20ClNO3. The summed E-state index contributed by atoms with van der Waals surface area (Å²) in [7, 11) is 0. The number of unbranched alkanes of at least 4 members (excludes halogenated alkanes) is 2. The highest BCUT2D eigenvalue weighted by Crippen LogP contribution is 2.18. The summed E-state index contributed by atoms with van der Waals surface area (Å²) in [5.41, 5.74) is 1.30. The van der Waals surface area contributed by atoms with E-state index in [1.54, 1.807) is 19.2 Å². The molecule has 0 aliphatic heterocycles. The normalized spacial score (nSPS) is 9.72. The van der Waals surface area contributed by atoms with E-state index in [2.05, 4.69) is 11.9 Å². The number of aliphatic hydroxyl groups is 1. The zero-order valence-electron chi connectivity index (χ0n) is 10.8. The lowest BCUT2D eigenvalue weighted by Gasteiger charge is -2.07. The predicted molar refractivity (Wildman–Crippen MR) is 71.9 cm³/mol. The van der Waals surface area contributed by atoms with E-state index < -0.39 is 0 Å². The van der Waals surface area contributed by atoms with E-state index in [0.29, 0.717) is 23.4 Å². The monoisotopic (exact) mass is 273 g/mol. The first-order chi connectivity index (χ1) is 8.17. The molecule has 1 N–H and O–H groups in total. The number of hydrogen-bond acceptors (Lipinski definition) is 4. The molecule has 0 aromatic carbocycles. The second-order valence-electron chi connectivity index (χ2n) is 4.02. The van der Waals surface area contributed by atoms with Crippen LogP contribution in [0, 0.1) is 6.92 Å². The SMILES string of the molecule is CCCCCC(=O)Oc1cc(CO)cnc1C.Cl. The van der Waals surface area contributed by atoms with E-state index in [4.69, 9.17) is 9.84 Å². The molecule has 0 spiro atoms. The van der Waals surface area contributed by atoms with Crippen molar-refractivity contribution in [1.29, 1.82) is 0 Å². The average molecular weight is 274 g/mol. The lowest BCUT2D eigenvalue weighted by molar-refractivity contribution is -0.134. The van der Waals surface area contributed by atoms with Crippen molar-refractivity contribution in [1.82, 2.24) is 4.98 Å². The van der Waals surface area contributed by atoms with Gasteiger partial charge in [-0.05, 0) is 25.0 Å². The Bertz CT molecular complexity index is 382. The number of hydrogen-bond donors (Lipinski definition) is 1. The van der Waals surface area contributed by atoms with E-state index in [1.807, 2.05) is 0 Å². The number of nitrogens with zero attached hydrogens (tertiary/aromatic N) is 1. The van der Waals surface area contributed by atoms with Crippen molar-refractivity contribution in [2.75, 3.05) is 0 Å². The molecule has 18 heavy (non-hydrogen) atoms. The Balaban J connectivity index is 0.00000289. The van der Waals surface area contributed by atoms with Gasteiger partial charge in [-0.2, -0.15) is 0 Å². The maximum atomic E-state index is 11.5. The summed E-state index contributed by atoms with van der Waals surface area (Å²) >= 11 is 0. The molecule has 102 valence electrons. The quantitative estimate of drug-likeness (QED) is 0.640. The van der Waals surface area contributed by atoms with Crippen molar-refractivity contribution >= 4 is 18.4 Å². The van der Waals surface area contributed by atoms with E-state index in [-0.39, 0.29) is 25.0 Å². The van der Waals surface area contributed by atoms with Crippen LogP contribution in [0.25, 0.3) is 0 Å². The lowest BCUT2D eigenvalue weighted by Crippen LogP contribution is -2.09. The molecule has 1 rings (SSSR count). The Labute approximate surface area is 114 Å². The van der Waals surface area contributed by atoms with Gasteiger partial charge in [-0.25, -0.2) is 0 Å². The zero-order chi connectivity index (χ0) is 12.7. The van der Waals surface area contributed by atoms with Crippen LogP contribution in [-0.4, -0.2) is 16.1 Å². The van der Waals surface area contributed by atoms with Gasteiger partial charge in [0.2, 0.25) is 0 Å². The molecule has 1 aromatic rings. The fraction of sp³-hybridized carbons (Fsp3) is 0.538. The molecule has 0 aliphatic rings. The highest BCUT2D eigenvalue weighted by Gasteiger charge is 2.08. The van der Waals surface area contributed by atoms with E-state index in [0.717, 1.165) is 19.3 Å². The molecule has 0 unspecified atom stereocenters. The standard InChI is InChI=1S/C13H19NO3.ClH/c1-3-4-5-6-13(16)17-12-7-11(9-15)8-14-10(12)2;/h7-8,15H,3-6,9H2,1-2H3;1H. The third-order valence-corrected chi connectivity index (χ3v) is 2.49. The van der Waals surface area contributed by atoms with E-state index in [1.165, 1.54) is 0 Å². The molecule has 0 saturated carbocycles. The number of esters is 1. The summed E-state index contributed by atoms with van der Waals surface area (Å²) in [4.78, 5) is 15.6. The van der Waals surface area contributed by atoms with Gasteiger partial charge in [0.15, 0.2) is 5.75 Å². The number of carbonyl (C=O) groups excluding carboxylic acids is 1. The topological polar surface area (TPSA) is 59.4 Å². The van der Waals surface area contributed by atoms with Crippen molar-refractivity contribution in [3.05, 3.63) is 23.5 Å². The fourth-order valence-electron chi connectivity index (χ4n) is 1.44. The molecule has 0 amide bonds.